The van der Waals surface area contributed by atoms with Crippen molar-refractivity contribution in [3.05, 3.63) is 160 Å². The predicted octanol–water partition coefficient (Wildman–Crippen LogP) is 13.9. The summed E-state index contributed by atoms with van der Waals surface area (Å²) in [6, 6.07) is 45.7. The van der Waals surface area contributed by atoms with Crippen LogP contribution in [-0.4, -0.2) is 6.85 Å². The summed E-state index contributed by atoms with van der Waals surface area (Å²) in [7, 11) is 0. The number of rotatable bonds is 1. The van der Waals surface area contributed by atoms with Crippen molar-refractivity contribution in [2.24, 2.45) is 0 Å². The van der Waals surface area contributed by atoms with E-state index >= 15 is 0 Å². The highest BCUT2D eigenvalue weighted by atomic mass is 16.6. The van der Waals surface area contributed by atoms with E-state index in [1.54, 1.807) is 0 Å². The Bertz CT molecular complexity index is 3190. The van der Waals surface area contributed by atoms with E-state index in [9.17, 15) is 0 Å². The Kier molecular flexibility index (Phi) is 6.84. The Balaban J connectivity index is 1.21. The first-order valence-electron chi connectivity index (χ1n) is 22.6. The maximum absolute atomic E-state index is 6.85. The van der Waals surface area contributed by atoms with Crippen molar-refractivity contribution in [2.75, 3.05) is 9.71 Å². The SMILES string of the molecule is Cc1cc2c(cc1N1c3cc4c(cc3B3c5c(cc6c(c51)C(C)(C)c1ccccc1-6)-c1cccc5c1N3c1ccccc1C5(C)C)Oc1ccccc1O4)C(C)(C)CCC2(C)C. The van der Waals surface area contributed by atoms with Gasteiger partial charge in [-0.1, -0.05) is 134 Å². The largest absolute Gasteiger partial charge is 0.450 e. The van der Waals surface area contributed by atoms with Crippen molar-refractivity contribution in [1.29, 1.82) is 0 Å². The zero-order valence-electron chi connectivity index (χ0n) is 37.2. The van der Waals surface area contributed by atoms with E-state index in [1.807, 2.05) is 24.3 Å². The van der Waals surface area contributed by atoms with E-state index in [1.165, 1.54) is 101 Å². The van der Waals surface area contributed by atoms with Crippen molar-refractivity contribution in [3.8, 4) is 45.3 Å². The van der Waals surface area contributed by atoms with Crippen LogP contribution >= 0.6 is 0 Å². The molecule has 0 saturated carbocycles. The molecule has 62 heavy (non-hydrogen) atoms. The fourth-order valence-electron chi connectivity index (χ4n) is 12.7. The van der Waals surface area contributed by atoms with Crippen molar-refractivity contribution in [3.63, 3.8) is 0 Å². The first-order valence-corrected chi connectivity index (χ1v) is 22.6. The molecule has 0 bridgehead atoms. The van der Waals surface area contributed by atoms with Crippen LogP contribution < -0.4 is 30.1 Å². The molecule has 304 valence electrons. The summed E-state index contributed by atoms with van der Waals surface area (Å²) < 4.78 is 13.7. The van der Waals surface area contributed by atoms with Crippen molar-refractivity contribution in [1.82, 2.24) is 0 Å². The molecule has 0 saturated heterocycles. The second kappa shape index (κ2) is 11.6. The first-order chi connectivity index (χ1) is 29.7. The van der Waals surface area contributed by atoms with Gasteiger partial charge < -0.3 is 19.2 Å². The Labute approximate surface area is 366 Å². The lowest BCUT2D eigenvalue weighted by atomic mass is 9.42. The number of aryl methyl sites for hydroxylation is 1. The summed E-state index contributed by atoms with van der Waals surface area (Å²) >= 11 is 0. The lowest BCUT2D eigenvalue weighted by molar-refractivity contribution is 0.332. The highest BCUT2D eigenvalue weighted by Gasteiger charge is 2.54. The number of ether oxygens (including phenoxy) is 2. The summed E-state index contributed by atoms with van der Waals surface area (Å²) in [5.74, 6) is 2.96. The number of fused-ring (bicyclic) bond motifs is 13. The van der Waals surface area contributed by atoms with Crippen LogP contribution in [0.4, 0.5) is 28.4 Å². The number of nitrogens with zero attached hydrogens (tertiary/aromatic N) is 2. The van der Waals surface area contributed by atoms with E-state index in [0.717, 1.165) is 35.1 Å². The van der Waals surface area contributed by atoms with Gasteiger partial charge in [0.05, 0.1) is 0 Å². The van der Waals surface area contributed by atoms with Crippen LogP contribution in [0, 0.1) is 6.92 Å². The van der Waals surface area contributed by atoms with Crippen LogP contribution in [0.3, 0.4) is 0 Å². The van der Waals surface area contributed by atoms with Crippen LogP contribution in [0.25, 0.3) is 22.3 Å². The molecule has 0 atom stereocenters. The maximum atomic E-state index is 6.85. The number of anilines is 5. The third-order valence-electron chi connectivity index (χ3n) is 16.0. The zero-order valence-corrected chi connectivity index (χ0v) is 37.2. The fourth-order valence-corrected chi connectivity index (χ4v) is 12.7. The van der Waals surface area contributed by atoms with Crippen LogP contribution in [0.5, 0.6) is 23.0 Å². The van der Waals surface area contributed by atoms with Crippen LogP contribution in [0.1, 0.15) is 107 Å². The van der Waals surface area contributed by atoms with Gasteiger partial charge in [0.1, 0.15) is 0 Å². The van der Waals surface area contributed by atoms with Gasteiger partial charge in [0, 0.05) is 50.9 Å². The Morgan fingerprint density at radius 3 is 1.82 bits per heavy atom. The average molecular weight is 807 g/mol. The van der Waals surface area contributed by atoms with E-state index in [-0.39, 0.29) is 28.5 Å². The quantitative estimate of drug-likeness (QED) is 0.154. The van der Waals surface area contributed by atoms with Gasteiger partial charge in [-0.25, -0.2) is 0 Å². The molecule has 0 unspecified atom stereocenters. The smallest absolute Gasteiger partial charge is 0.333 e. The number of hydrogen-bond donors (Lipinski definition) is 0. The van der Waals surface area contributed by atoms with E-state index in [4.69, 9.17) is 9.47 Å². The minimum atomic E-state index is -0.281. The van der Waals surface area contributed by atoms with Gasteiger partial charge in [-0.2, -0.15) is 0 Å². The zero-order chi connectivity index (χ0) is 42.4. The summed E-state index contributed by atoms with van der Waals surface area (Å²) in [6.45, 7) is 21.7. The monoisotopic (exact) mass is 806 g/mol. The lowest BCUT2D eigenvalue weighted by Crippen LogP contribution is -2.63. The molecule has 7 aromatic rings. The molecule has 4 aliphatic heterocycles. The molecule has 6 aliphatic rings. The Hall–Kier alpha value is -6.20. The normalized spacial score (nSPS) is 18.6. The molecule has 4 heterocycles. The Morgan fingerprint density at radius 1 is 0.468 bits per heavy atom. The molecule has 0 spiro atoms. The van der Waals surface area contributed by atoms with E-state index < -0.39 is 0 Å². The molecule has 5 heteroatoms. The number of benzene rings is 7. The van der Waals surface area contributed by atoms with Gasteiger partial charge >= 0.3 is 6.85 Å². The first kappa shape index (κ1) is 36.5. The summed E-state index contributed by atoms with van der Waals surface area (Å²) in [5.41, 5.74) is 23.3. The van der Waals surface area contributed by atoms with Gasteiger partial charge in [0.2, 0.25) is 0 Å². The molecule has 0 amide bonds. The van der Waals surface area contributed by atoms with Gasteiger partial charge in [0.15, 0.2) is 23.0 Å². The fraction of sp³-hybridized carbons (Fsp3) is 0.263. The maximum Gasteiger partial charge on any atom is 0.333 e. The van der Waals surface area contributed by atoms with Crippen molar-refractivity contribution < 1.29 is 9.47 Å². The molecule has 7 aromatic carbocycles. The number of para-hydroxylation sites is 4. The van der Waals surface area contributed by atoms with Crippen LogP contribution in [-0.2, 0) is 21.7 Å². The van der Waals surface area contributed by atoms with Gasteiger partial charge in [-0.05, 0) is 134 Å². The van der Waals surface area contributed by atoms with Gasteiger partial charge in [-0.15, -0.1) is 0 Å². The van der Waals surface area contributed by atoms with Crippen molar-refractivity contribution in [2.45, 2.75) is 96.8 Å². The second-order valence-electron chi connectivity index (χ2n) is 21.2. The van der Waals surface area contributed by atoms with Crippen LogP contribution in [0.2, 0.25) is 0 Å². The van der Waals surface area contributed by atoms with Crippen LogP contribution in [0.15, 0.2) is 121 Å². The minimum absolute atomic E-state index is 0.0260. The Morgan fingerprint density at radius 2 is 1.08 bits per heavy atom. The minimum Gasteiger partial charge on any atom is -0.450 e. The van der Waals surface area contributed by atoms with Gasteiger partial charge in [-0.3, -0.25) is 0 Å². The summed E-state index contributed by atoms with van der Waals surface area (Å²) in [6.07, 6.45) is 2.32. The molecular weight excluding hydrogens is 755 g/mol. The second-order valence-corrected chi connectivity index (χ2v) is 21.2. The topological polar surface area (TPSA) is 24.9 Å². The molecule has 0 N–H and O–H groups in total. The molecule has 4 nitrogen and oxygen atoms in total. The number of hydrogen-bond acceptors (Lipinski definition) is 4. The highest BCUT2D eigenvalue weighted by Crippen LogP contribution is 2.62. The molecule has 0 radical (unpaired) electrons. The van der Waals surface area contributed by atoms with Gasteiger partial charge in [0.25, 0.3) is 0 Å². The lowest BCUT2D eigenvalue weighted by Gasteiger charge is -2.52. The summed E-state index contributed by atoms with van der Waals surface area (Å²) in [5, 5.41) is 0. The molecular formula is C57H51BN2O2. The summed E-state index contributed by atoms with van der Waals surface area (Å²) in [4.78, 5) is 5.37. The molecule has 0 fully saturated rings. The van der Waals surface area contributed by atoms with E-state index in [2.05, 4.69) is 169 Å². The third kappa shape index (κ3) is 4.44. The molecule has 2 aliphatic carbocycles. The predicted molar refractivity (Wildman–Crippen MR) is 256 cm³/mol. The van der Waals surface area contributed by atoms with E-state index in [0.29, 0.717) is 0 Å². The third-order valence-corrected chi connectivity index (χ3v) is 16.0. The highest BCUT2D eigenvalue weighted by molar-refractivity contribution is 6.94. The molecule has 13 rings (SSSR count). The molecule has 0 aromatic heterocycles. The standard InChI is InChI=1S/C57H51BN2O2/c1-32-27-40-41(55(4,5)26-25-54(40,2)3)29-44(32)59-45-31-49-48(61-46-23-14-15-24-47(46)62-49)30-42(45)58-51-36(28-35-33-17-10-11-19-37(33)57(8,9)50(35)53(51)59)34-18-16-21-39-52(34)60(58)43-22-13-12-20-38(43)56(39,6)7/h10-24,27-31H,25-26H2,1-9H3. The average Bonchev–Trinajstić information content (AvgIpc) is 3.49. The van der Waals surface area contributed by atoms with Crippen molar-refractivity contribution >= 4 is 46.2 Å².